The number of hydrogen-bond acceptors (Lipinski definition) is 6. The first kappa shape index (κ1) is 25.3. The highest BCUT2D eigenvalue weighted by Crippen LogP contribution is 2.26. The van der Waals surface area contributed by atoms with E-state index in [1.807, 2.05) is 13.8 Å². The lowest BCUT2D eigenvalue weighted by Crippen LogP contribution is -2.49. The Bertz CT molecular complexity index is 1030. The zero-order valence-corrected chi connectivity index (χ0v) is 19.1. The molecular weight excluding hydrogens is 440 g/mol. The predicted molar refractivity (Wildman–Crippen MR) is 119 cm³/mol. The lowest BCUT2D eigenvalue weighted by atomic mass is 10.2. The molecule has 1 N–H and O–H groups in total. The maximum Gasteiger partial charge on any atom is 0.287 e. The van der Waals surface area contributed by atoms with Crippen molar-refractivity contribution in [3.05, 3.63) is 54.9 Å². The average Bonchev–Trinajstić information content (AvgIpc) is 2.80. The Kier molecular flexibility index (Phi) is 8.39. The van der Waals surface area contributed by atoms with Crippen molar-refractivity contribution in [3.8, 4) is 0 Å². The van der Waals surface area contributed by atoms with Gasteiger partial charge in [-0.05, 0) is 36.4 Å². The van der Waals surface area contributed by atoms with Gasteiger partial charge >= 0.3 is 0 Å². The van der Waals surface area contributed by atoms with Crippen LogP contribution in [-0.2, 0) is 20.7 Å². The van der Waals surface area contributed by atoms with E-state index in [2.05, 4.69) is 21.9 Å². The second-order valence-corrected chi connectivity index (χ2v) is 8.68. The normalized spacial score (nSPS) is 14.8. The maximum atomic E-state index is 13.5. The lowest BCUT2D eigenvalue weighted by Gasteiger charge is -2.34. The first-order valence-corrected chi connectivity index (χ1v) is 11.6. The van der Waals surface area contributed by atoms with Gasteiger partial charge in [0.2, 0.25) is 21.9 Å². The number of anilines is 2. The number of amides is 1. The fourth-order valence-electron chi connectivity index (χ4n) is 2.93. The molecule has 1 aliphatic heterocycles. The van der Waals surface area contributed by atoms with Gasteiger partial charge in [-0.1, -0.05) is 20.4 Å². The van der Waals surface area contributed by atoms with Crippen LogP contribution in [0.15, 0.2) is 54.1 Å². The summed E-state index contributed by atoms with van der Waals surface area (Å²) in [6, 6.07) is 6.97. The zero-order chi connectivity index (χ0) is 23.9. The number of halogens is 2. The van der Waals surface area contributed by atoms with Crippen LogP contribution in [0.25, 0.3) is 0 Å². The highest BCUT2D eigenvalue weighted by molar-refractivity contribution is 7.89. The van der Waals surface area contributed by atoms with Crippen LogP contribution in [0.3, 0.4) is 0 Å². The second-order valence-electron chi connectivity index (χ2n) is 6.74. The van der Waals surface area contributed by atoms with E-state index < -0.39 is 21.9 Å². The minimum absolute atomic E-state index is 0.0939. The van der Waals surface area contributed by atoms with Crippen molar-refractivity contribution < 1.29 is 22.0 Å². The van der Waals surface area contributed by atoms with Crippen molar-refractivity contribution in [2.45, 2.75) is 31.6 Å². The Morgan fingerprint density at radius 3 is 2.25 bits per heavy atom. The van der Waals surface area contributed by atoms with E-state index in [4.69, 9.17) is 0 Å². The van der Waals surface area contributed by atoms with Crippen LogP contribution >= 0.6 is 0 Å². The molecule has 1 amide bonds. The van der Waals surface area contributed by atoms with Gasteiger partial charge in [0.15, 0.2) is 0 Å². The van der Waals surface area contributed by atoms with E-state index in [1.165, 1.54) is 34.8 Å². The predicted octanol–water partition coefficient (Wildman–Crippen LogP) is 3.25. The molecule has 0 bridgehead atoms. The minimum Gasteiger partial charge on any atom is -0.338 e. The van der Waals surface area contributed by atoms with E-state index in [9.17, 15) is 22.0 Å². The summed E-state index contributed by atoms with van der Waals surface area (Å²) in [5, 5.41) is 2.55. The summed E-state index contributed by atoms with van der Waals surface area (Å²) in [6.07, 6.45) is 2.38. The molecule has 2 aromatic rings. The van der Waals surface area contributed by atoms with Gasteiger partial charge in [-0.2, -0.15) is 13.1 Å². The molecule has 0 atom stereocenters. The quantitative estimate of drug-likeness (QED) is 0.656. The fourth-order valence-corrected chi connectivity index (χ4v) is 4.35. The molecule has 0 aliphatic carbocycles. The molecule has 11 heteroatoms. The summed E-state index contributed by atoms with van der Waals surface area (Å²) in [5.74, 6) is -3.33. The first-order chi connectivity index (χ1) is 15.1. The molecule has 0 saturated carbocycles. The Morgan fingerprint density at radius 2 is 1.72 bits per heavy atom. The molecule has 8 nitrogen and oxygen atoms in total. The number of rotatable bonds is 6. The lowest BCUT2D eigenvalue weighted by molar-refractivity contribution is -0.111. The molecular formula is C21H27F2N5O3S. The number of aromatic nitrogens is 2. The third-order valence-electron chi connectivity index (χ3n) is 4.56. The van der Waals surface area contributed by atoms with Crippen LogP contribution in [0.5, 0.6) is 0 Å². The van der Waals surface area contributed by atoms with Crippen molar-refractivity contribution in [2.75, 3.05) is 36.4 Å². The molecule has 3 rings (SSSR count). The summed E-state index contributed by atoms with van der Waals surface area (Å²) < 4.78 is 54.1. The van der Waals surface area contributed by atoms with Gasteiger partial charge in [0, 0.05) is 45.0 Å². The van der Waals surface area contributed by atoms with E-state index in [1.54, 1.807) is 4.90 Å². The molecule has 174 valence electrons. The van der Waals surface area contributed by atoms with Crippen LogP contribution in [0, 0.1) is 0 Å². The smallest absolute Gasteiger partial charge is 0.287 e. The molecule has 0 spiro atoms. The molecule has 1 saturated heterocycles. The Morgan fingerprint density at radius 1 is 1.12 bits per heavy atom. The summed E-state index contributed by atoms with van der Waals surface area (Å²) >= 11 is 0. The topological polar surface area (TPSA) is 95.5 Å². The van der Waals surface area contributed by atoms with Gasteiger partial charge < -0.3 is 10.2 Å². The summed E-state index contributed by atoms with van der Waals surface area (Å²) in [7, 11) is -3.74. The number of benzene rings is 1. The molecule has 1 aliphatic rings. The van der Waals surface area contributed by atoms with E-state index in [-0.39, 0.29) is 42.7 Å². The average molecular weight is 468 g/mol. The van der Waals surface area contributed by atoms with Crippen LogP contribution in [0.4, 0.5) is 20.4 Å². The number of nitrogens with zero attached hydrogens (tertiary/aromatic N) is 4. The zero-order valence-electron chi connectivity index (χ0n) is 18.3. The summed E-state index contributed by atoms with van der Waals surface area (Å²) in [4.78, 5) is 21.0. The standard InChI is InChI=1S/C19H21F2N5O3S.C2H6/c1-3-17(27)23-14-4-6-15(7-5-14)30(28,29)26-12-10-25(11-13-26)18-22-9-8-16(24-18)19(2,20)21;1-2/h3-9H,1,10-13H2,2H3,(H,23,27);1-2H3. The minimum atomic E-state index is -3.74. The van der Waals surface area contributed by atoms with Crippen molar-refractivity contribution in [1.82, 2.24) is 14.3 Å². The number of carbonyl (C=O) groups excluding carboxylic acids is 1. The van der Waals surface area contributed by atoms with Gasteiger partial charge in [-0.15, -0.1) is 0 Å². The molecule has 32 heavy (non-hydrogen) atoms. The SMILES string of the molecule is C=CC(=O)Nc1ccc(S(=O)(=O)N2CCN(c3nccc(C(C)(F)F)n3)CC2)cc1.CC. The van der Waals surface area contributed by atoms with Crippen LogP contribution in [-0.4, -0.2) is 54.8 Å². The maximum absolute atomic E-state index is 13.5. The number of piperazine rings is 1. The van der Waals surface area contributed by atoms with Crippen molar-refractivity contribution in [2.24, 2.45) is 0 Å². The molecule has 1 fully saturated rings. The monoisotopic (exact) mass is 467 g/mol. The Balaban J connectivity index is 0.00000176. The van der Waals surface area contributed by atoms with E-state index in [0.717, 1.165) is 19.1 Å². The number of carbonyl (C=O) groups is 1. The number of sulfonamides is 1. The largest absolute Gasteiger partial charge is 0.338 e. The van der Waals surface area contributed by atoms with E-state index >= 15 is 0 Å². The summed E-state index contributed by atoms with van der Waals surface area (Å²) in [6.45, 7) is 8.98. The van der Waals surface area contributed by atoms with Crippen molar-refractivity contribution >= 4 is 27.6 Å². The molecule has 0 unspecified atom stereocenters. The Labute approximate surface area is 187 Å². The molecule has 1 aromatic carbocycles. The van der Waals surface area contributed by atoms with E-state index in [0.29, 0.717) is 5.69 Å². The van der Waals surface area contributed by atoms with Gasteiger partial charge in [0.25, 0.3) is 5.92 Å². The molecule has 0 radical (unpaired) electrons. The van der Waals surface area contributed by atoms with Crippen LogP contribution < -0.4 is 10.2 Å². The first-order valence-electron chi connectivity index (χ1n) is 10.1. The third kappa shape index (κ3) is 6.07. The molecule has 1 aromatic heterocycles. The van der Waals surface area contributed by atoms with Crippen LogP contribution in [0.2, 0.25) is 0 Å². The number of hydrogen-bond donors (Lipinski definition) is 1. The second kappa shape index (κ2) is 10.6. The van der Waals surface area contributed by atoms with Gasteiger partial charge in [0.05, 0.1) is 4.90 Å². The highest BCUT2D eigenvalue weighted by atomic mass is 32.2. The fraction of sp³-hybridized carbons (Fsp3) is 0.381. The Hall–Kier alpha value is -2.92. The van der Waals surface area contributed by atoms with Gasteiger partial charge in [-0.3, -0.25) is 4.79 Å². The van der Waals surface area contributed by atoms with Gasteiger partial charge in [0.1, 0.15) is 5.69 Å². The highest BCUT2D eigenvalue weighted by Gasteiger charge is 2.31. The molecule has 2 heterocycles. The van der Waals surface area contributed by atoms with Crippen LogP contribution in [0.1, 0.15) is 26.5 Å². The van der Waals surface area contributed by atoms with Gasteiger partial charge in [-0.25, -0.2) is 18.4 Å². The summed E-state index contributed by atoms with van der Waals surface area (Å²) in [5.41, 5.74) is 0.0691. The number of nitrogens with one attached hydrogen (secondary N) is 1. The van der Waals surface area contributed by atoms with Crippen molar-refractivity contribution in [1.29, 1.82) is 0 Å². The third-order valence-corrected chi connectivity index (χ3v) is 6.47. The number of alkyl halides is 2. The van der Waals surface area contributed by atoms with Crippen molar-refractivity contribution in [3.63, 3.8) is 0 Å².